The summed E-state index contributed by atoms with van der Waals surface area (Å²) in [7, 11) is 0. The summed E-state index contributed by atoms with van der Waals surface area (Å²) in [6.45, 7) is -4.82. The monoisotopic (exact) mass is 286 g/mol. The third kappa shape index (κ3) is 11.9. The highest BCUT2D eigenvalue weighted by Gasteiger charge is 2.32. The lowest BCUT2D eigenvalue weighted by Gasteiger charge is -2.20. The zero-order chi connectivity index (χ0) is 14.2. The van der Waals surface area contributed by atoms with Gasteiger partial charge in [-0.3, -0.25) is 0 Å². The van der Waals surface area contributed by atoms with Crippen LogP contribution in [0.25, 0.3) is 0 Å². The second kappa shape index (κ2) is 7.77. The van der Waals surface area contributed by atoms with Gasteiger partial charge in [-0.15, -0.1) is 0 Å². The van der Waals surface area contributed by atoms with E-state index < -0.39 is 45.1 Å². The predicted octanol–water partition coefficient (Wildman–Crippen LogP) is 1.48. The van der Waals surface area contributed by atoms with Crippen LogP contribution < -0.4 is 0 Å². The summed E-state index contributed by atoms with van der Waals surface area (Å²) < 4.78 is 83.5. The van der Waals surface area contributed by atoms with Crippen molar-refractivity contribution in [3.8, 4) is 0 Å². The minimum atomic E-state index is -4.68. The third-order valence-corrected chi connectivity index (χ3v) is 1.36. The van der Waals surface area contributed by atoms with Gasteiger partial charge >= 0.3 is 12.4 Å². The molecule has 0 aromatic heterocycles. The molecule has 0 saturated heterocycles. The topological polar surface area (TPSA) is 47.9 Å². The Bertz CT molecular complexity index is 199. The zero-order valence-electron chi connectivity index (χ0n) is 9.05. The van der Waals surface area contributed by atoms with Gasteiger partial charge in [-0.05, 0) is 0 Å². The van der Waals surface area contributed by atoms with E-state index in [-0.39, 0.29) is 6.61 Å². The van der Waals surface area contributed by atoms with Gasteiger partial charge in [0.2, 0.25) is 0 Å². The maximum absolute atomic E-state index is 11.8. The predicted molar refractivity (Wildman–Crippen MR) is 45.7 cm³/mol. The van der Waals surface area contributed by atoms with Crippen molar-refractivity contribution in [3.05, 3.63) is 0 Å². The number of rotatable bonds is 8. The molecule has 0 bridgehead atoms. The van der Waals surface area contributed by atoms with Crippen LogP contribution >= 0.6 is 0 Å². The Morgan fingerprint density at radius 3 is 1.67 bits per heavy atom. The summed E-state index contributed by atoms with van der Waals surface area (Å²) in [6.07, 6.45) is -11.2. The van der Waals surface area contributed by atoms with Gasteiger partial charge in [0.05, 0.1) is 19.8 Å². The van der Waals surface area contributed by atoms with Crippen molar-refractivity contribution >= 4 is 0 Å². The smallest absolute Gasteiger partial charge is 0.394 e. The molecule has 10 heteroatoms. The van der Waals surface area contributed by atoms with E-state index in [1.54, 1.807) is 0 Å². The molecule has 110 valence electrons. The standard InChI is InChI=1S/C8H12F6O4/c9-7(10,11)4-17-6(3-16-2-1-15)18-5-8(12,13)14/h6,15H,1-5H2. The van der Waals surface area contributed by atoms with E-state index in [1.807, 2.05) is 0 Å². The number of ether oxygens (including phenoxy) is 3. The van der Waals surface area contributed by atoms with Crippen LogP contribution in [0.1, 0.15) is 0 Å². The van der Waals surface area contributed by atoms with Gasteiger partial charge in [-0.1, -0.05) is 0 Å². The number of halogens is 6. The second-order valence-electron chi connectivity index (χ2n) is 3.08. The highest BCUT2D eigenvalue weighted by Crippen LogP contribution is 2.18. The maximum atomic E-state index is 11.8. The average molecular weight is 286 g/mol. The minimum Gasteiger partial charge on any atom is -0.394 e. The Balaban J connectivity index is 4.07. The van der Waals surface area contributed by atoms with E-state index in [2.05, 4.69) is 14.2 Å². The van der Waals surface area contributed by atoms with E-state index >= 15 is 0 Å². The van der Waals surface area contributed by atoms with Gasteiger partial charge in [0.15, 0.2) is 6.29 Å². The number of aliphatic hydroxyl groups is 1. The van der Waals surface area contributed by atoms with E-state index in [0.717, 1.165) is 0 Å². The van der Waals surface area contributed by atoms with Crippen molar-refractivity contribution in [2.75, 3.05) is 33.0 Å². The minimum absolute atomic E-state index is 0.249. The molecule has 0 unspecified atom stereocenters. The van der Waals surface area contributed by atoms with Crippen LogP contribution in [-0.2, 0) is 14.2 Å². The molecule has 0 aromatic carbocycles. The Morgan fingerprint density at radius 2 is 1.33 bits per heavy atom. The van der Waals surface area contributed by atoms with Gasteiger partial charge in [0.25, 0.3) is 0 Å². The molecule has 0 heterocycles. The van der Waals surface area contributed by atoms with Gasteiger partial charge in [-0.2, -0.15) is 26.3 Å². The Labute approximate surface area is 98.4 Å². The average Bonchev–Trinajstić information content (AvgIpc) is 2.19. The van der Waals surface area contributed by atoms with E-state index in [9.17, 15) is 26.3 Å². The van der Waals surface area contributed by atoms with Gasteiger partial charge in [-0.25, -0.2) is 0 Å². The van der Waals surface area contributed by atoms with Crippen LogP contribution in [-0.4, -0.2) is 56.8 Å². The third-order valence-electron chi connectivity index (χ3n) is 1.36. The quantitative estimate of drug-likeness (QED) is 0.417. The molecule has 0 aliphatic heterocycles. The molecule has 0 aliphatic carbocycles. The first kappa shape index (κ1) is 17.4. The van der Waals surface area contributed by atoms with Crippen molar-refractivity contribution in [3.63, 3.8) is 0 Å². The van der Waals surface area contributed by atoms with Crippen LogP contribution in [0, 0.1) is 0 Å². The molecular formula is C8H12F6O4. The number of hydrogen-bond acceptors (Lipinski definition) is 4. The lowest BCUT2D eigenvalue weighted by atomic mass is 10.6. The Kier molecular flexibility index (Phi) is 7.52. The molecule has 0 atom stereocenters. The van der Waals surface area contributed by atoms with E-state index in [1.165, 1.54) is 0 Å². The number of alkyl halides is 6. The summed E-state index contributed by atoms with van der Waals surface area (Å²) in [5, 5.41) is 8.33. The van der Waals surface area contributed by atoms with Crippen LogP contribution in [0.4, 0.5) is 26.3 Å². The van der Waals surface area contributed by atoms with Crippen LogP contribution in [0.5, 0.6) is 0 Å². The van der Waals surface area contributed by atoms with Crippen molar-refractivity contribution in [1.29, 1.82) is 0 Å². The van der Waals surface area contributed by atoms with E-state index in [4.69, 9.17) is 5.11 Å². The van der Waals surface area contributed by atoms with Gasteiger partial charge in [0, 0.05) is 0 Å². The molecular weight excluding hydrogens is 274 g/mol. The maximum Gasteiger partial charge on any atom is 0.411 e. The molecule has 1 N–H and O–H groups in total. The van der Waals surface area contributed by atoms with Crippen LogP contribution in [0.15, 0.2) is 0 Å². The SMILES string of the molecule is OCCOCC(OCC(F)(F)F)OCC(F)(F)F. The molecule has 0 aliphatic rings. The van der Waals surface area contributed by atoms with Crippen LogP contribution in [0.3, 0.4) is 0 Å². The Morgan fingerprint density at radius 1 is 0.889 bits per heavy atom. The lowest BCUT2D eigenvalue weighted by molar-refractivity contribution is -0.268. The molecule has 0 rings (SSSR count). The summed E-state index contributed by atoms with van der Waals surface area (Å²) in [6, 6.07) is 0. The highest BCUT2D eigenvalue weighted by atomic mass is 19.4. The summed E-state index contributed by atoms with van der Waals surface area (Å²) >= 11 is 0. The van der Waals surface area contributed by atoms with Gasteiger partial charge < -0.3 is 19.3 Å². The lowest BCUT2D eigenvalue weighted by Crippen LogP contribution is -2.32. The van der Waals surface area contributed by atoms with Gasteiger partial charge in [0.1, 0.15) is 13.2 Å². The number of aliphatic hydroxyl groups excluding tert-OH is 1. The molecule has 0 amide bonds. The second-order valence-corrected chi connectivity index (χ2v) is 3.08. The highest BCUT2D eigenvalue weighted by molar-refractivity contribution is 4.52. The molecule has 0 saturated carbocycles. The van der Waals surface area contributed by atoms with Crippen molar-refractivity contribution in [1.82, 2.24) is 0 Å². The molecule has 4 nitrogen and oxygen atoms in total. The first-order chi connectivity index (χ1) is 8.14. The van der Waals surface area contributed by atoms with Crippen LogP contribution in [0.2, 0.25) is 0 Å². The molecule has 18 heavy (non-hydrogen) atoms. The fraction of sp³-hybridized carbons (Fsp3) is 1.00. The van der Waals surface area contributed by atoms with Crippen molar-refractivity contribution < 1.29 is 45.7 Å². The van der Waals surface area contributed by atoms with Crippen molar-refractivity contribution in [2.24, 2.45) is 0 Å². The fourth-order valence-corrected chi connectivity index (χ4v) is 0.763. The first-order valence-electron chi connectivity index (χ1n) is 4.69. The molecule has 0 fully saturated rings. The van der Waals surface area contributed by atoms with E-state index in [0.29, 0.717) is 0 Å². The number of hydrogen-bond donors (Lipinski definition) is 1. The summed E-state index contributed by atoms with van der Waals surface area (Å²) in [5.41, 5.74) is 0. The normalized spacial score (nSPS) is 13.3. The molecule has 0 spiro atoms. The first-order valence-corrected chi connectivity index (χ1v) is 4.69. The molecule has 0 aromatic rings. The Hall–Kier alpha value is -0.580. The summed E-state index contributed by atoms with van der Waals surface area (Å²) in [4.78, 5) is 0. The van der Waals surface area contributed by atoms with Crippen molar-refractivity contribution in [2.45, 2.75) is 18.6 Å². The fourth-order valence-electron chi connectivity index (χ4n) is 0.763. The zero-order valence-corrected chi connectivity index (χ0v) is 9.05. The molecule has 0 radical (unpaired) electrons. The summed E-state index contributed by atoms with van der Waals surface area (Å²) in [5.74, 6) is 0. The largest absolute Gasteiger partial charge is 0.411 e.